The van der Waals surface area contributed by atoms with E-state index in [0.717, 1.165) is 0 Å². The van der Waals surface area contributed by atoms with Crippen LogP contribution in [-0.4, -0.2) is 118 Å². The summed E-state index contributed by atoms with van der Waals surface area (Å²) in [7, 11) is 2.70. The molecule has 2 aliphatic rings. The number of fused-ring (bicyclic) bond motifs is 1. The largest absolute Gasteiger partial charge is 0.469 e. The first kappa shape index (κ1) is 38.6. The molecule has 0 bridgehead atoms. The Hall–Kier alpha value is -3.54. The standard InChI is InChI=1S/C29H49N5O12/c1-28(2,3)46-27(40)33-15-10-20(37)31-13-8-18(35)30-12-9-19(36)32-14-11-21(38)34-17(16-22(39)41-6)23-24-25(26(42-7)43-23)45-29(4,5)44-24/h17,23-26H,8-16H2,1-7H3,(H,30,35)(H,31,37)(H,32,36)(H,33,40)(H,34,38)/t17-,23-,24+,25+,26+/m1/s1. The van der Waals surface area contributed by atoms with Gasteiger partial charge in [0.25, 0.3) is 0 Å². The summed E-state index contributed by atoms with van der Waals surface area (Å²) in [5, 5.41) is 13.0. The van der Waals surface area contributed by atoms with Crippen molar-refractivity contribution in [3.05, 3.63) is 0 Å². The zero-order valence-corrected chi connectivity index (χ0v) is 27.6. The van der Waals surface area contributed by atoms with E-state index in [9.17, 15) is 28.8 Å². The molecule has 5 amide bonds. The summed E-state index contributed by atoms with van der Waals surface area (Å²) in [6.07, 6.45) is -3.55. The number of hydrogen-bond donors (Lipinski definition) is 5. The Bertz CT molecular complexity index is 1080. The van der Waals surface area contributed by atoms with Gasteiger partial charge in [-0.1, -0.05) is 0 Å². The van der Waals surface area contributed by atoms with E-state index in [2.05, 4.69) is 26.6 Å². The molecule has 2 saturated heterocycles. The smallest absolute Gasteiger partial charge is 0.407 e. The van der Waals surface area contributed by atoms with Crippen LogP contribution in [-0.2, 0) is 52.4 Å². The molecule has 2 heterocycles. The van der Waals surface area contributed by atoms with E-state index in [-0.39, 0.29) is 76.0 Å². The number of rotatable bonds is 17. The van der Waals surface area contributed by atoms with Gasteiger partial charge in [-0.3, -0.25) is 24.0 Å². The van der Waals surface area contributed by atoms with Gasteiger partial charge in [-0.15, -0.1) is 0 Å². The molecule has 0 aromatic heterocycles. The van der Waals surface area contributed by atoms with Crippen LogP contribution in [0.5, 0.6) is 0 Å². The third-order valence-electron chi connectivity index (χ3n) is 6.68. The van der Waals surface area contributed by atoms with Gasteiger partial charge in [0.15, 0.2) is 12.1 Å². The van der Waals surface area contributed by atoms with Gasteiger partial charge in [-0.2, -0.15) is 0 Å². The number of ether oxygens (including phenoxy) is 6. The van der Waals surface area contributed by atoms with Crippen molar-refractivity contribution in [2.75, 3.05) is 40.4 Å². The van der Waals surface area contributed by atoms with Crippen LogP contribution in [0, 0.1) is 0 Å². The maximum absolute atomic E-state index is 12.7. The lowest BCUT2D eigenvalue weighted by Crippen LogP contribution is -2.50. The highest BCUT2D eigenvalue weighted by molar-refractivity contribution is 5.81. The van der Waals surface area contributed by atoms with Crippen molar-refractivity contribution in [1.82, 2.24) is 26.6 Å². The quantitative estimate of drug-likeness (QED) is 0.123. The van der Waals surface area contributed by atoms with Crippen molar-refractivity contribution in [1.29, 1.82) is 0 Å². The zero-order valence-electron chi connectivity index (χ0n) is 27.6. The lowest BCUT2D eigenvalue weighted by atomic mass is 10.0. The molecular weight excluding hydrogens is 610 g/mol. The topological polar surface area (TPSA) is 218 Å². The van der Waals surface area contributed by atoms with Gasteiger partial charge in [0.05, 0.1) is 19.6 Å². The molecule has 0 unspecified atom stereocenters. The molecule has 2 fully saturated rings. The predicted molar refractivity (Wildman–Crippen MR) is 160 cm³/mol. The summed E-state index contributed by atoms with van der Waals surface area (Å²) < 4.78 is 33.0. The monoisotopic (exact) mass is 659 g/mol. The third kappa shape index (κ3) is 13.8. The van der Waals surface area contributed by atoms with Crippen LogP contribution in [0.25, 0.3) is 0 Å². The first-order chi connectivity index (χ1) is 21.5. The van der Waals surface area contributed by atoms with E-state index in [1.54, 1.807) is 34.6 Å². The van der Waals surface area contributed by atoms with Gasteiger partial charge in [-0.05, 0) is 34.6 Å². The fourth-order valence-corrected chi connectivity index (χ4v) is 4.70. The maximum atomic E-state index is 12.7. The van der Waals surface area contributed by atoms with Crippen LogP contribution in [0.4, 0.5) is 4.79 Å². The van der Waals surface area contributed by atoms with E-state index in [1.807, 2.05) is 0 Å². The van der Waals surface area contributed by atoms with Gasteiger partial charge in [0, 0.05) is 59.0 Å². The highest BCUT2D eigenvalue weighted by Crippen LogP contribution is 2.40. The zero-order chi connectivity index (χ0) is 34.5. The van der Waals surface area contributed by atoms with Crippen LogP contribution in [0.2, 0.25) is 0 Å². The Kier molecular flexibility index (Phi) is 15.1. The summed E-state index contributed by atoms with van der Waals surface area (Å²) >= 11 is 0. The van der Waals surface area contributed by atoms with Crippen LogP contribution in [0.3, 0.4) is 0 Å². The number of hydrogen-bond acceptors (Lipinski definition) is 12. The first-order valence-corrected chi connectivity index (χ1v) is 15.2. The van der Waals surface area contributed by atoms with Crippen LogP contribution in [0.1, 0.15) is 66.7 Å². The average Bonchev–Trinajstić information content (AvgIpc) is 3.44. The molecule has 5 N–H and O–H groups in total. The van der Waals surface area contributed by atoms with E-state index in [1.165, 1.54) is 14.2 Å². The second kappa shape index (κ2) is 18.0. The number of methoxy groups -OCH3 is 2. The molecule has 0 saturated carbocycles. The second-order valence-electron chi connectivity index (χ2n) is 12.2. The van der Waals surface area contributed by atoms with Gasteiger partial charge in [-0.25, -0.2) is 4.79 Å². The summed E-state index contributed by atoms with van der Waals surface area (Å²) in [5.41, 5.74) is -0.639. The molecule has 0 spiro atoms. The first-order valence-electron chi connectivity index (χ1n) is 15.2. The predicted octanol–water partition coefficient (Wildman–Crippen LogP) is -0.641. The molecule has 17 heteroatoms. The molecular formula is C29H49N5O12. The third-order valence-corrected chi connectivity index (χ3v) is 6.68. The number of carbonyl (C=O) groups is 6. The Balaban J connectivity index is 1.64. The van der Waals surface area contributed by atoms with Crippen molar-refractivity contribution in [3.63, 3.8) is 0 Å². The Morgan fingerprint density at radius 1 is 0.739 bits per heavy atom. The van der Waals surface area contributed by atoms with E-state index < -0.39 is 60.0 Å². The fourth-order valence-electron chi connectivity index (χ4n) is 4.70. The maximum Gasteiger partial charge on any atom is 0.407 e. The molecule has 0 aliphatic carbocycles. The molecule has 2 rings (SSSR count). The average molecular weight is 660 g/mol. The van der Waals surface area contributed by atoms with E-state index >= 15 is 0 Å². The second-order valence-corrected chi connectivity index (χ2v) is 12.2. The molecule has 46 heavy (non-hydrogen) atoms. The number of nitrogens with one attached hydrogen (secondary N) is 5. The lowest BCUT2D eigenvalue weighted by molar-refractivity contribution is -0.230. The summed E-state index contributed by atoms with van der Waals surface area (Å²) in [5.74, 6) is -2.99. The normalized spacial score (nSPS) is 22.2. The summed E-state index contributed by atoms with van der Waals surface area (Å²) in [6, 6.07) is -0.810. The summed E-state index contributed by atoms with van der Waals surface area (Å²) in [6.45, 7) is 8.93. The number of esters is 1. The molecule has 0 aromatic rings. The Labute approximate surface area is 268 Å². The Morgan fingerprint density at radius 2 is 1.22 bits per heavy atom. The lowest BCUT2D eigenvalue weighted by Gasteiger charge is -2.29. The van der Waals surface area contributed by atoms with Crippen LogP contribution < -0.4 is 26.6 Å². The van der Waals surface area contributed by atoms with Gasteiger partial charge in [0.1, 0.15) is 23.9 Å². The minimum atomic E-state index is -0.906. The van der Waals surface area contributed by atoms with E-state index in [4.69, 9.17) is 28.4 Å². The van der Waals surface area contributed by atoms with Crippen molar-refractivity contribution >= 4 is 35.7 Å². The van der Waals surface area contributed by atoms with Gasteiger partial charge in [0.2, 0.25) is 23.6 Å². The number of carbonyl (C=O) groups excluding carboxylic acids is 6. The molecule has 5 atom stereocenters. The van der Waals surface area contributed by atoms with Crippen molar-refractivity contribution in [2.45, 2.75) is 109 Å². The van der Waals surface area contributed by atoms with Crippen molar-refractivity contribution < 1.29 is 57.2 Å². The number of alkyl carbamates (subject to hydrolysis) is 1. The SMILES string of the molecule is COC(=O)C[C@@H](NC(=O)CCNC(=O)CCNC(=O)CCNC(=O)CCNC(=O)OC(C)(C)C)[C@H]1O[C@H](OC)[C@H]2OC(C)(C)O[C@H]21. The van der Waals surface area contributed by atoms with Crippen LogP contribution in [0.15, 0.2) is 0 Å². The highest BCUT2D eigenvalue weighted by Gasteiger charge is 2.57. The number of amides is 5. The Morgan fingerprint density at radius 3 is 1.70 bits per heavy atom. The summed E-state index contributed by atoms with van der Waals surface area (Å²) in [4.78, 5) is 72.5. The molecule has 262 valence electrons. The molecule has 17 nitrogen and oxygen atoms in total. The highest BCUT2D eigenvalue weighted by atomic mass is 16.8. The van der Waals surface area contributed by atoms with Gasteiger partial charge < -0.3 is 55.0 Å². The van der Waals surface area contributed by atoms with Crippen LogP contribution >= 0.6 is 0 Å². The fraction of sp³-hybridized carbons (Fsp3) is 0.793. The minimum absolute atomic E-state index is 0.00582. The van der Waals surface area contributed by atoms with Crippen molar-refractivity contribution in [2.24, 2.45) is 0 Å². The van der Waals surface area contributed by atoms with Crippen molar-refractivity contribution in [3.8, 4) is 0 Å². The minimum Gasteiger partial charge on any atom is -0.469 e. The molecule has 0 radical (unpaired) electrons. The molecule has 2 aliphatic heterocycles. The molecule has 0 aromatic carbocycles. The van der Waals surface area contributed by atoms with Gasteiger partial charge >= 0.3 is 12.1 Å². The van der Waals surface area contributed by atoms with E-state index in [0.29, 0.717) is 0 Å².